The second-order valence-corrected chi connectivity index (χ2v) is 6.86. The summed E-state index contributed by atoms with van der Waals surface area (Å²) in [6, 6.07) is 8.96. The van der Waals surface area contributed by atoms with E-state index < -0.39 is 5.92 Å². The van der Waals surface area contributed by atoms with Crippen LogP contribution in [0, 0.1) is 19.8 Å². The molecule has 1 aliphatic rings. The van der Waals surface area contributed by atoms with Gasteiger partial charge in [0.25, 0.3) is 0 Å². The average Bonchev–Trinajstić information content (AvgIpc) is 3.38. The van der Waals surface area contributed by atoms with Crippen molar-refractivity contribution in [1.82, 2.24) is 24.9 Å². The van der Waals surface area contributed by atoms with Crippen molar-refractivity contribution in [3.8, 4) is 5.82 Å². The van der Waals surface area contributed by atoms with Crippen molar-refractivity contribution in [1.29, 1.82) is 0 Å². The van der Waals surface area contributed by atoms with Crippen LogP contribution in [-0.2, 0) is 16.1 Å². The maximum Gasteiger partial charge on any atom is 0.230 e. The minimum Gasteiger partial charge on any atom is -0.467 e. The largest absolute Gasteiger partial charge is 0.467 e. The molecule has 1 atom stereocenters. The lowest BCUT2D eigenvalue weighted by molar-refractivity contribution is -0.128. The van der Waals surface area contributed by atoms with Crippen molar-refractivity contribution >= 4 is 17.6 Å². The number of aromatic nitrogens is 4. The Labute approximate surface area is 161 Å². The number of hydrogen-bond acceptors (Lipinski definition) is 6. The van der Waals surface area contributed by atoms with Gasteiger partial charge in [0.15, 0.2) is 5.82 Å². The third kappa shape index (κ3) is 3.64. The second-order valence-electron chi connectivity index (χ2n) is 6.86. The number of aryl methyl sites for hydroxylation is 2. The fourth-order valence-corrected chi connectivity index (χ4v) is 3.19. The van der Waals surface area contributed by atoms with Crippen molar-refractivity contribution in [3.63, 3.8) is 0 Å². The van der Waals surface area contributed by atoms with Gasteiger partial charge in [-0.15, -0.1) is 5.10 Å². The summed E-state index contributed by atoms with van der Waals surface area (Å²) in [5.41, 5.74) is 1.53. The maximum absolute atomic E-state index is 12.8. The number of amides is 2. The molecule has 1 aliphatic heterocycles. The van der Waals surface area contributed by atoms with Crippen LogP contribution in [0.5, 0.6) is 0 Å². The maximum atomic E-state index is 12.8. The molecular weight excluding hydrogens is 360 g/mol. The highest BCUT2D eigenvalue weighted by atomic mass is 16.3. The third-order valence-corrected chi connectivity index (χ3v) is 4.60. The van der Waals surface area contributed by atoms with E-state index >= 15 is 0 Å². The van der Waals surface area contributed by atoms with Crippen molar-refractivity contribution in [2.45, 2.75) is 26.8 Å². The Morgan fingerprint density at radius 2 is 2.11 bits per heavy atom. The molecule has 144 valence electrons. The van der Waals surface area contributed by atoms with Crippen LogP contribution in [0.25, 0.3) is 5.82 Å². The molecule has 1 unspecified atom stereocenters. The molecule has 9 heteroatoms. The Kier molecular flexibility index (Phi) is 4.64. The molecule has 4 heterocycles. The predicted molar refractivity (Wildman–Crippen MR) is 99.5 cm³/mol. The Morgan fingerprint density at radius 3 is 2.82 bits per heavy atom. The molecule has 9 nitrogen and oxygen atoms in total. The molecule has 0 radical (unpaired) electrons. The van der Waals surface area contributed by atoms with Crippen LogP contribution in [0.15, 0.2) is 41.0 Å². The number of anilines is 1. The molecule has 0 saturated carbocycles. The van der Waals surface area contributed by atoms with Crippen LogP contribution in [0.1, 0.15) is 23.6 Å². The van der Waals surface area contributed by atoms with E-state index in [4.69, 9.17) is 4.42 Å². The van der Waals surface area contributed by atoms with Crippen molar-refractivity contribution in [3.05, 3.63) is 53.7 Å². The highest BCUT2D eigenvalue weighted by molar-refractivity contribution is 5.96. The number of nitrogens with zero attached hydrogens (tertiary/aromatic N) is 5. The van der Waals surface area contributed by atoms with Gasteiger partial charge in [0.05, 0.1) is 30.1 Å². The molecule has 28 heavy (non-hydrogen) atoms. The number of carbonyl (C=O) groups excluding carboxylic acids is 2. The fourth-order valence-electron chi connectivity index (χ4n) is 3.19. The first-order valence-electron chi connectivity index (χ1n) is 8.98. The normalized spacial score (nSPS) is 16.6. The van der Waals surface area contributed by atoms with E-state index in [9.17, 15) is 9.59 Å². The molecule has 0 aromatic carbocycles. The smallest absolute Gasteiger partial charge is 0.230 e. The van der Waals surface area contributed by atoms with Crippen LogP contribution in [0.2, 0.25) is 0 Å². The lowest BCUT2D eigenvalue weighted by Gasteiger charge is -2.15. The molecule has 1 fully saturated rings. The van der Waals surface area contributed by atoms with Crippen LogP contribution in [0.4, 0.5) is 5.82 Å². The molecule has 2 amide bonds. The summed E-state index contributed by atoms with van der Waals surface area (Å²) >= 11 is 0. The quantitative estimate of drug-likeness (QED) is 0.724. The van der Waals surface area contributed by atoms with Crippen LogP contribution in [-0.4, -0.2) is 43.2 Å². The second kappa shape index (κ2) is 7.26. The molecule has 0 bridgehead atoms. The number of hydrogen-bond donors (Lipinski definition) is 1. The molecule has 3 aromatic heterocycles. The fraction of sp³-hybridized carbons (Fsp3) is 0.316. The molecule has 0 spiro atoms. The predicted octanol–water partition coefficient (Wildman–Crippen LogP) is 1.86. The standard InChI is InChI=1S/C19H20N6O3/c1-12-5-6-16(22-21-12)25-17(8-13(2)23-25)20-19(27)14-9-18(26)24(10-14)11-15-4-3-7-28-15/h3-8,14H,9-11H2,1-2H3,(H,20,27). The Hall–Kier alpha value is -3.49. The minimum atomic E-state index is -0.435. The number of nitrogens with one attached hydrogen (secondary N) is 1. The molecule has 0 aliphatic carbocycles. The van der Waals surface area contributed by atoms with Crippen LogP contribution < -0.4 is 5.32 Å². The highest BCUT2D eigenvalue weighted by Crippen LogP contribution is 2.23. The summed E-state index contributed by atoms with van der Waals surface area (Å²) in [5, 5.41) is 15.4. The number of likely N-dealkylation sites (tertiary alicyclic amines) is 1. The van der Waals surface area contributed by atoms with Gasteiger partial charge in [-0.2, -0.15) is 14.9 Å². The zero-order chi connectivity index (χ0) is 19.7. The molecule has 3 aromatic rings. The molecule has 4 rings (SSSR count). The molecular formula is C19H20N6O3. The summed E-state index contributed by atoms with van der Waals surface area (Å²) < 4.78 is 6.83. The first-order chi connectivity index (χ1) is 13.5. The summed E-state index contributed by atoms with van der Waals surface area (Å²) in [4.78, 5) is 26.7. The molecule has 1 saturated heterocycles. The lowest BCUT2D eigenvalue weighted by atomic mass is 10.1. The van der Waals surface area contributed by atoms with Crippen LogP contribution >= 0.6 is 0 Å². The topological polar surface area (TPSA) is 106 Å². The van der Waals surface area contributed by atoms with Gasteiger partial charge in [-0.25, -0.2) is 0 Å². The van der Waals surface area contributed by atoms with E-state index in [0.717, 1.165) is 11.4 Å². The average molecular weight is 380 g/mol. The summed E-state index contributed by atoms with van der Waals surface area (Å²) in [6.07, 6.45) is 1.74. The molecule has 1 N–H and O–H groups in total. The third-order valence-electron chi connectivity index (χ3n) is 4.60. The van der Waals surface area contributed by atoms with E-state index in [2.05, 4.69) is 20.6 Å². The summed E-state index contributed by atoms with van der Waals surface area (Å²) in [6.45, 7) is 4.39. The zero-order valence-corrected chi connectivity index (χ0v) is 15.6. The summed E-state index contributed by atoms with van der Waals surface area (Å²) in [7, 11) is 0. The Morgan fingerprint density at radius 1 is 1.25 bits per heavy atom. The first kappa shape index (κ1) is 17.9. The van der Waals surface area contributed by atoms with Crippen molar-refractivity contribution in [2.75, 3.05) is 11.9 Å². The van der Waals surface area contributed by atoms with Gasteiger partial charge in [0, 0.05) is 19.0 Å². The van der Waals surface area contributed by atoms with Gasteiger partial charge in [0.2, 0.25) is 11.8 Å². The van der Waals surface area contributed by atoms with E-state index in [1.54, 1.807) is 29.4 Å². The van der Waals surface area contributed by atoms with Gasteiger partial charge in [-0.3, -0.25) is 9.59 Å². The SMILES string of the molecule is Cc1ccc(-n2nc(C)cc2NC(=O)C2CC(=O)N(Cc3ccco3)C2)nn1. The van der Waals surface area contributed by atoms with Crippen LogP contribution in [0.3, 0.4) is 0 Å². The van der Waals surface area contributed by atoms with Gasteiger partial charge < -0.3 is 14.6 Å². The highest BCUT2D eigenvalue weighted by Gasteiger charge is 2.35. The minimum absolute atomic E-state index is 0.0642. The van der Waals surface area contributed by atoms with Crippen molar-refractivity contribution < 1.29 is 14.0 Å². The number of rotatable bonds is 5. The zero-order valence-electron chi connectivity index (χ0n) is 15.6. The number of carbonyl (C=O) groups is 2. The van der Waals surface area contributed by atoms with E-state index in [1.165, 1.54) is 4.68 Å². The Balaban J connectivity index is 1.47. The van der Waals surface area contributed by atoms with E-state index in [1.807, 2.05) is 26.0 Å². The summed E-state index contributed by atoms with van der Waals surface area (Å²) in [5.74, 6) is 0.979. The van der Waals surface area contributed by atoms with Gasteiger partial charge >= 0.3 is 0 Å². The van der Waals surface area contributed by atoms with E-state index in [0.29, 0.717) is 30.5 Å². The van der Waals surface area contributed by atoms with Gasteiger partial charge in [-0.05, 0) is 38.1 Å². The van der Waals surface area contributed by atoms with E-state index in [-0.39, 0.29) is 18.2 Å². The van der Waals surface area contributed by atoms with Gasteiger partial charge in [0.1, 0.15) is 11.6 Å². The van der Waals surface area contributed by atoms with Crippen molar-refractivity contribution in [2.24, 2.45) is 5.92 Å². The Bertz CT molecular complexity index is 993. The number of furan rings is 1. The van der Waals surface area contributed by atoms with Gasteiger partial charge in [-0.1, -0.05) is 0 Å². The monoisotopic (exact) mass is 380 g/mol. The lowest BCUT2D eigenvalue weighted by Crippen LogP contribution is -2.28. The first-order valence-corrected chi connectivity index (χ1v) is 8.98.